The van der Waals surface area contributed by atoms with Crippen LogP contribution in [-0.4, -0.2) is 63.2 Å². The molecule has 0 unspecified atom stereocenters. The minimum absolute atomic E-state index is 0.133. The molecule has 11 heteroatoms. The number of carbonyl (C=O) groups is 1. The topological polar surface area (TPSA) is 102 Å². The van der Waals surface area contributed by atoms with E-state index in [1.54, 1.807) is 14.2 Å². The van der Waals surface area contributed by atoms with E-state index in [1.807, 2.05) is 42.6 Å². The first-order valence-corrected chi connectivity index (χ1v) is 20.2. The Morgan fingerprint density at radius 2 is 1.33 bits per heavy atom. The van der Waals surface area contributed by atoms with Crippen LogP contribution >= 0.6 is 31.9 Å². The van der Waals surface area contributed by atoms with Crippen LogP contribution in [0.1, 0.15) is 67.3 Å². The first-order valence-electron chi connectivity index (χ1n) is 15.2. The lowest BCUT2D eigenvalue weighted by molar-refractivity contribution is -0.00601. The number of rotatable bonds is 3. The van der Waals surface area contributed by atoms with E-state index in [4.69, 9.17) is 24.2 Å². The van der Waals surface area contributed by atoms with E-state index in [2.05, 4.69) is 73.6 Å². The third-order valence-corrected chi connectivity index (χ3v) is 10.4. The molecule has 0 N–H and O–H groups in total. The van der Waals surface area contributed by atoms with Crippen molar-refractivity contribution in [3.63, 3.8) is 0 Å². The summed E-state index contributed by atoms with van der Waals surface area (Å²) in [5.74, 6) is 4.22. The van der Waals surface area contributed by atoms with E-state index in [0.29, 0.717) is 5.56 Å². The molecular weight excluding hydrogens is 718 g/mol. The van der Waals surface area contributed by atoms with E-state index >= 15 is 0 Å². The summed E-state index contributed by atoms with van der Waals surface area (Å²) in [6, 6.07) is 11.5. The number of ketones is 1. The fraction of sp³-hybridized carbons (Fsp3) is 0.500. The molecule has 4 aliphatic rings. The number of aliphatic imine (C=N–C) groups is 1. The van der Waals surface area contributed by atoms with Crippen LogP contribution in [0.4, 0.5) is 0 Å². The molecule has 0 atom stereocenters. The van der Waals surface area contributed by atoms with E-state index < -0.39 is 19.4 Å². The number of fused-ring (bicyclic) bond motifs is 2. The van der Waals surface area contributed by atoms with Crippen LogP contribution in [0.3, 0.4) is 0 Å². The Morgan fingerprint density at radius 3 is 1.78 bits per heavy atom. The zero-order chi connectivity index (χ0) is 32.8. The quantitative estimate of drug-likeness (QED) is 0.177. The van der Waals surface area contributed by atoms with Crippen LogP contribution in [0.25, 0.3) is 0 Å². The summed E-state index contributed by atoms with van der Waals surface area (Å²) >= 11 is 6.86. The van der Waals surface area contributed by atoms with Gasteiger partial charge in [-0.2, -0.15) is 10.3 Å². The zero-order valence-corrected chi connectivity index (χ0v) is 30.8. The van der Waals surface area contributed by atoms with Gasteiger partial charge in [0.25, 0.3) is 0 Å². The maximum Gasteiger partial charge on any atom is 0.210 e. The molecular formula is C34H41Br2N3O5Si. The van der Waals surface area contributed by atoms with Crippen molar-refractivity contribution in [2.45, 2.75) is 94.4 Å². The number of nitriles is 1. The van der Waals surface area contributed by atoms with Gasteiger partial charge in [-0.1, -0.05) is 31.9 Å². The normalized spacial score (nSPS) is 27.1. The molecule has 0 amide bonds. The summed E-state index contributed by atoms with van der Waals surface area (Å²) in [6.07, 6.45) is 9.26. The number of methoxy groups -OCH3 is 2. The van der Waals surface area contributed by atoms with E-state index in [1.165, 1.54) is 0 Å². The van der Waals surface area contributed by atoms with Gasteiger partial charge in [0.15, 0.2) is 19.4 Å². The van der Waals surface area contributed by atoms with Gasteiger partial charge in [-0.25, -0.2) is 0 Å². The Bertz CT molecular complexity index is 1510. The number of nitrogens with zero attached hydrogens (tertiary/aromatic N) is 3. The average Bonchev–Trinajstić information content (AvgIpc) is 3.44. The molecule has 0 saturated heterocycles. The maximum atomic E-state index is 12.5. The Morgan fingerprint density at radius 1 is 0.867 bits per heavy atom. The predicted octanol–water partition coefficient (Wildman–Crippen LogP) is 8.47. The highest BCUT2D eigenvalue weighted by Gasteiger charge is 2.50. The number of halogens is 2. The summed E-state index contributed by atoms with van der Waals surface area (Å²) in [4.78, 5) is 16.6. The number of ether oxygens (including phenoxy) is 4. The van der Waals surface area contributed by atoms with Crippen LogP contribution in [-0.2, 0) is 9.47 Å². The van der Waals surface area contributed by atoms with Gasteiger partial charge in [-0.15, -0.1) is 0 Å². The summed E-state index contributed by atoms with van der Waals surface area (Å²) < 4.78 is 28.8. The molecule has 2 aliphatic heterocycles. The van der Waals surface area contributed by atoms with Crippen molar-refractivity contribution in [1.82, 2.24) is 0 Å². The first-order chi connectivity index (χ1) is 21.4. The van der Waals surface area contributed by atoms with Gasteiger partial charge in [-0.3, -0.25) is 9.45 Å². The molecule has 2 heterocycles. The fourth-order valence-corrected chi connectivity index (χ4v) is 7.45. The maximum absolute atomic E-state index is 12.5. The Hall–Kier alpha value is -2.58. The van der Waals surface area contributed by atoms with Crippen molar-refractivity contribution >= 4 is 57.5 Å². The van der Waals surface area contributed by atoms with Crippen LogP contribution in [0.2, 0.25) is 19.6 Å². The second-order valence-electron chi connectivity index (χ2n) is 12.7. The van der Waals surface area contributed by atoms with Gasteiger partial charge in [-0.05, 0) is 120 Å². The summed E-state index contributed by atoms with van der Waals surface area (Å²) in [5, 5.41) is 9.00. The zero-order valence-electron chi connectivity index (χ0n) is 26.6. The molecule has 0 radical (unpaired) electrons. The molecule has 2 fully saturated rings. The largest absolute Gasteiger partial charge is 0.480 e. The van der Waals surface area contributed by atoms with Crippen LogP contribution in [0.15, 0.2) is 61.6 Å². The predicted molar refractivity (Wildman–Crippen MR) is 186 cm³/mol. The van der Waals surface area contributed by atoms with Crippen molar-refractivity contribution in [1.29, 1.82) is 5.26 Å². The molecule has 8 nitrogen and oxygen atoms in total. The van der Waals surface area contributed by atoms with E-state index in [9.17, 15) is 4.79 Å². The monoisotopic (exact) mass is 757 g/mol. The number of Topliss-reactive ketones (excluding diaryl/α,β-unsaturated/α-hetero) is 1. The van der Waals surface area contributed by atoms with Gasteiger partial charge < -0.3 is 18.9 Å². The molecule has 45 heavy (non-hydrogen) atoms. The highest BCUT2D eigenvalue weighted by Crippen LogP contribution is 2.46. The highest BCUT2D eigenvalue weighted by molar-refractivity contribution is 9.10. The fourth-order valence-electron chi connectivity index (χ4n) is 6.26. The van der Waals surface area contributed by atoms with Gasteiger partial charge in [0.2, 0.25) is 12.0 Å². The highest BCUT2D eigenvalue weighted by atomic mass is 79.9. The molecule has 240 valence electrons. The van der Waals surface area contributed by atoms with E-state index in [0.717, 1.165) is 83.1 Å². The molecule has 2 spiro atoms. The number of carbonyl (C=O) groups excluding carboxylic acids is 1. The van der Waals surface area contributed by atoms with Gasteiger partial charge in [0.1, 0.15) is 17.2 Å². The molecule has 2 saturated carbocycles. The lowest BCUT2D eigenvalue weighted by Gasteiger charge is -2.36. The van der Waals surface area contributed by atoms with Crippen LogP contribution < -0.4 is 9.47 Å². The number of hydrogen-bond acceptors (Lipinski definition) is 8. The molecule has 0 aromatic heterocycles. The standard InChI is InChI=1S/C15H15BrN2O2.C14H15BrO3.C5H11NSi/c1-19-11-4-6-15(7-5-11)14(18-9-17)12-8-10(16)2-3-13(12)20-15;1-17-10-4-6-14(7-5-10)13(16)11-8-9(15)2-3-12(11)18-14;1-5-6-7(2,3)4/h2-3,8,11H,4-7H2,1H3;2-3,8,10H,4-7H2,1H3;1H2,2-4H3. The lowest BCUT2D eigenvalue weighted by atomic mass is 9.79. The second-order valence-corrected chi connectivity index (χ2v) is 19.1. The van der Waals surface area contributed by atoms with Gasteiger partial charge >= 0.3 is 0 Å². The van der Waals surface area contributed by atoms with Crippen molar-refractivity contribution in [2.24, 2.45) is 9.65 Å². The SMILES string of the molecule is C=C=N[Si](C)(C)C.COC1CCC2(CC1)Oc1ccc(Br)cc1C2=NC#N.COC1CCC2(CC1)Oc1ccc(Br)cc1C2=O. The summed E-state index contributed by atoms with van der Waals surface area (Å²) in [7, 11) is 2.27. The molecule has 0 bridgehead atoms. The summed E-state index contributed by atoms with van der Waals surface area (Å²) in [6.45, 7) is 9.82. The van der Waals surface area contributed by atoms with Crippen molar-refractivity contribution in [3.8, 4) is 17.7 Å². The van der Waals surface area contributed by atoms with E-state index in [-0.39, 0.29) is 18.0 Å². The molecule has 2 aromatic rings. The third kappa shape index (κ3) is 8.23. The Kier molecular flexibility index (Phi) is 11.7. The number of benzene rings is 2. The summed E-state index contributed by atoms with van der Waals surface area (Å²) in [5.41, 5.74) is 1.33. The smallest absolute Gasteiger partial charge is 0.210 e. The minimum Gasteiger partial charge on any atom is -0.480 e. The van der Waals surface area contributed by atoms with Crippen LogP contribution in [0.5, 0.6) is 11.5 Å². The van der Waals surface area contributed by atoms with Gasteiger partial charge in [0, 0.05) is 28.7 Å². The lowest BCUT2D eigenvalue weighted by Crippen LogP contribution is -2.45. The number of hydrogen-bond donors (Lipinski definition) is 0. The molecule has 2 aromatic carbocycles. The molecule has 6 rings (SSSR count). The Balaban J connectivity index is 0.000000171. The van der Waals surface area contributed by atoms with Crippen molar-refractivity contribution in [2.75, 3.05) is 14.2 Å². The Labute approximate surface area is 284 Å². The average molecular weight is 760 g/mol. The van der Waals surface area contributed by atoms with Gasteiger partial charge in [0.05, 0.1) is 17.8 Å². The first kappa shape index (κ1) is 35.3. The molecule has 2 aliphatic carbocycles. The van der Waals surface area contributed by atoms with Crippen LogP contribution in [0, 0.1) is 11.5 Å². The second kappa shape index (κ2) is 14.9. The van der Waals surface area contributed by atoms with Crippen molar-refractivity contribution in [3.05, 3.63) is 63.0 Å². The van der Waals surface area contributed by atoms with Crippen molar-refractivity contribution < 1.29 is 23.7 Å². The minimum atomic E-state index is -1.21. The third-order valence-electron chi connectivity index (χ3n) is 8.56.